The highest BCUT2D eigenvalue weighted by atomic mass is 19.1. The summed E-state index contributed by atoms with van der Waals surface area (Å²) in [4.78, 5) is 11.5. The second-order valence-corrected chi connectivity index (χ2v) is 4.81. The number of benzene rings is 1. The second kappa shape index (κ2) is 6.99. The van der Waals surface area contributed by atoms with Crippen molar-refractivity contribution in [1.29, 1.82) is 0 Å². The van der Waals surface area contributed by atoms with Gasteiger partial charge in [-0.1, -0.05) is 26.0 Å². The van der Waals surface area contributed by atoms with Gasteiger partial charge in [0.2, 0.25) is 0 Å². The molecule has 1 atom stereocenters. The van der Waals surface area contributed by atoms with Crippen molar-refractivity contribution < 1.29 is 9.18 Å². The molecule has 3 nitrogen and oxygen atoms in total. The van der Waals surface area contributed by atoms with Crippen LogP contribution >= 0.6 is 0 Å². The quantitative estimate of drug-likeness (QED) is 0.831. The van der Waals surface area contributed by atoms with Gasteiger partial charge in [0.05, 0.1) is 0 Å². The molecule has 0 aliphatic rings. The van der Waals surface area contributed by atoms with E-state index in [0.717, 1.165) is 5.56 Å². The zero-order valence-electron chi connectivity index (χ0n) is 11.2. The lowest BCUT2D eigenvalue weighted by Crippen LogP contribution is -2.43. The van der Waals surface area contributed by atoms with Crippen LogP contribution in [0.2, 0.25) is 0 Å². The summed E-state index contributed by atoms with van der Waals surface area (Å²) in [6.07, 6.45) is 0.626. The first-order valence-corrected chi connectivity index (χ1v) is 6.28. The summed E-state index contributed by atoms with van der Waals surface area (Å²) in [5, 5.41) is 5.62. The van der Waals surface area contributed by atoms with Crippen LogP contribution in [0.15, 0.2) is 24.3 Å². The lowest BCUT2D eigenvalue weighted by atomic mass is 10.1. The Morgan fingerprint density at radius 2 is 2.06 bits per heavy atom. The first-order chi connectivity index (χ1) is 8.49. The van der Waals surface area contributed by atoms with Crippen LogP contribution in [0.3, 0.4) is 0 Å². The van der Waals surface area contributed by atoms with E-state index >= 15 is 0 Å². The van der Waals surface area contributed by atoms with Crippen molar-refractivity contribution in [2.75, 3.05) is 6.54 Å². The Bertz CT molecular complexity index is 393. The highest BCUT2D eigenvalue weighted by molar-refractivity contribution is 5.74. The van der Waals surface area contributed by atoms with Gasteiger partial charge in [-0.05, 0) is 37.0 Å². The molecule has 1 rings (SSSR count). The van der Waals surface area contributed by atoms with Crippen molar-refractivity contribution in [3.63, 3.8) is 0 Å². The number of carbonyl (C=O) groups is 1. The van der Waals surface area contributed by atoms with Gasteiger partial charge in [-0.15, -0.1) is 0 Å². The summed E-state index contributed by atoms with van der Waals surface area (Å²) >= 11 is 0. The molecule has 2 amide bonds. The van der Waals surface area contributed by atoms with Crippen LogP contribution in [0.5, 0.6) is 0 Å². The molecular formula is C14H21FN2O. The van der Waals surface area contributed by atoms with Crippen molar-refractivity contribution in [3.8, 4) is 0 Å². The summed E-state index contributed by atoms with van der Waals surface area (Å²) < 4.78 is 12.9. The molecule has 1 unspecified atom stereocenters. The van der Waals surface area contributed by atoms with E-state index in [1.807, 2.05) is 13.0 Å². The maximum Gasteiger partial charge on any atom is 0.315 e. The van der Waals surface area contributed by atoms with Gasteiger partial charge in [-0.3, -0.25) is 0 Å². The molecule has 0 aromatic heterocycles. The van der Waals surface area contributed by atoms with Crippen molar-refractivity contribution in [2.24, 2.45) is 5.92 Å². The van der Waals surface area contributed by atoms with E-state index in [9.17, 15) is 9.18 Å². The Kier molecular flexibility index (Phi) is 5.62. The maximum absolute atomic E-state index is 12.9. The molecule has 0 bridgehead atoms. The third kappa shape index (κ3) is 5.17. The molecule has 100 valence electrons. The van der Waals surface area contributed by atoms with Crippen LogP contribution in [-0.2, 0) is 6.42 Å². The Morgan fingerprint density at radius 1 is 1.33 bits per heavy atom. The van der Waals surface area contributed by atoms with Gasteiger partial charge in [0.1, 0.15) is 5.82 Å². The largest absolute Gasteiger partial charge is 0.338 e. The number of carbonyl (C=O) groups excluding carboxylic acids is 1. The van der Waals surface area contributed by atoms with Crippen LogP contribution in [0.1, 0.15) is 26.3 Å². The maximum atomic E-state index is 12.9. The monoisotopic (exact) mass is 252 g/mol. The second-order valence-electron chi connectivity index (χ2n) is 4.81. The molecule has 2 N–H and O–H groups in total. The zero-order chi connectivity index (χ0) is 13.5. The minimum Gasteiger partial charge on any atom is -0.338 e. The molecule has 0 aliphatic carbocycles. The van der Waals surface area contributed by atoms with Gasteiger partial charge in [0, 0.05) is 12.6 Å². The fraction of sp³-hybridized carbons (Fsp3) is 0.500. The molecule has 18 heavy (non-hydrogen) atoms. The number of hydrogen-bond acceptors (Lipinski definition) is 1. The first kappa shape index (κ1) is 14.5. The molecule has 0 radical (unpaired) electrons. The van der Waals surface area contributed by atoms with Gasteiger partial charge in [-0.25, -0.2) is 9.18 Å². The van der Waals surface area contributed by atoms with Crippen LogP contribution in [0.4, 0.5) is 9.18 Å². The number of nitrogens with one attached hydrogen (secondary N) is 2. The van der Waals surface area contributed by atoms with Crippen LogP contribution < -0.4 is 10.6 Å². The average Bonchev–Trinajstić information content (AvgIpc) is 2.28. The molecule has 0 saturated heterocycles. The van der Waals surface area contributed by atoms with E-state index in [2.05, 4.69) is 24.5 Å². The van der Waals surface area contributed by atoms with E-state index in [-0.39, 0.29) is 17.9 Å². The minimum atomic E-state index is -0.245. The normalized spacial score (nSPS) is 12.3. The summed E-state index contributed by atoms with van der Waals surface area (Å²) in [6.45, 7) is 6.58. The van der Waals surface area contributed by atoms with E-state index in [1.165, 1.54) is 12.1 Å². The van der Waals surface area contributed by atoms with Crippen molar-refractivity contribution >= 4 is 6.03 Å². The van der Waals surface area contributed by atoms with Gasteiger partial charge in [0.25, 0.3) is 0 Å². The first-order valence-electron chi connectivity index (χ1n) is 6.28. The fourth-order valence-corrected chi connectivity index (χ4v) is 1.44. The molecular weight excluding hydrogens is 231 g/mol. The lowest BCUT2D eigenvalue weighted by Gasteiger charge is -2.17. The third-order valence-electron chi connectivity index (χ3n) is 2.95. The minimum absolute atomic E-state index is 0.138. The molecule has 4 heteroatoms. The predicted molar refractivity (Wildman–Crippen MR) is 70.9 cm³/mol. The topological polar surface area (TPSA) is 41.1 Å². The SMILES string of the molecule is CC(C)C(C)NC(=O)NCCc1cccc(F)c1. The average molecular weight is 252 g/mol. The van der Waals surface area contributed by atoms with Gasteiger partial charge in [0.15, 0.2) is 0 Å². The van der Waals surface area contributed by atoms with E-state index in [1.54, 1.807) is 6.07 Å². The van der Waals surface area contributed by atoms with Crippen LogP contribution in [-0.4, -0.2) is 18.6 Å². The summed E-state index contributed by atoms with van der Waals surface area (Å²) in [7, 11) is 0. The van der Waals surface area contributed by atoms with Crippen LogP contribution in [0, 0.1) is 11.7 Å². The van der Waals surface area contributed by atoms with E-state index in [0.29, 0.717) is 18.9 Å². The zero-order valence-corrected chi connectivity index (χ0v) is 11.2. The van der Waals surface area contributed by atoms with Gasteiger partial charge in [-0.2, -0.15) is 0 Å². The molecule has 0 spiro atoms. The molecule has 0 heterocycles. The Hall–Kier alpha value is -1.58. The number of urea groups is 1. The number of halogens is 1. The van der Waals surface area contributed by atoms with Crippen molar-refractivity contribution in [2.45, 2.75) is 33.2 Å². The fourth-order valence-electron chi connectivity index (χ4n) is 1.44. The highest BCUT2D eigenvalue weighted by Crippen LogP contribution is 2.03. The summed E-state index contributed by atoms with van der Waals surface area (Å²) in [5.41, 5.74) is 0.882. The number of rotatable bonds is 5. The predicted octanol–water partition coefficient (Wildman–Crippen LogP) is 2.71. The van der Waals surface area contributed by atoms with E-state index in [4.69, 9.17) is 0 Å². The molecule has 0 aliphatic heterocycles. The summed E-state index contributed by atoms with van der Waals surface area (Å²) in [6, 6.07) is 6.38. The van der Waals surface area contributed by atoms with Crippen LogP contribution in [0.25, 0.3) is 0 Å². The standard InChI is InChI=1S/C14H21FN2O/c1-10(2)11(3)17-14(18)16-8-7-12-5-4-6-13(15)9-12/h4-6,9-11H,7-8H2,1-3H3,(H2,16,17,18). The number of hydrogen-bond donors (Lipinski definition) is 2. The Morgan fingerprint density at radius 3 is 2.67 bits per heavy atom. The van der Waals surface area contributed by atoms with Gasteiger partial charge < -0.3 is 10.6 Å². The third-order valence-corrected chi connectivity index (χ3v) is 2.95. The Labute approximate surface area is 108 Å². The van der Waals surface area contributed by atoms with Crippen molar-refractivity contribution in [1.82, 2.24) is 10.6 Å². The highest BCUT2D eigenvalue weighted by Gasteiger charge is 2.09. The molecule has 1 aromatic carbocycles. The smallest absolute Gasteiger partial charge is 0.315 e. The number of amides is 2. The van der Waals surface area contributed by atoms with Crippen molar-refractivity contribution in [3.05, 3.63) is 35.6 Å². The summed E-state index contributed by atoms with van der Waals surface area (Å²) in [5.74, 6) is 0.157. The Balaban J connectivity index is 2.27. The van der Waals surface area contributed by atoms with E-state index < -0.39 is 0 Å². The lowest BCUT2D eigenvalue weighted by molar-refractivity contribution is 0.234. The molecule has 1 aromatic rings. The molecule has 0 saturated carbocycles. The van der Waals surface area contributed by atoms with Gasteiger partial charge >= 0.3 is 6.03 Å². The molecule has 0 fully saturated rings.